The molecule has 1 fully saturated rings. The molecule has 4 nitrogen and oxygen atoms in total. The molecule has 1 aromatic heterocycles. The average molecular weight is 254 g/mol. The highest BCUT2D eigenvalue weighted by molar-refractivity contribution is 5.42. The maximum atomic E-state index is 4.12. The van der Waals surface area contributed by atoms with E-state index in [2.05, 4.69) is 50.5 Å². The molecule has 0 spiro atoms. The van der Waals surface area contributed by atoms with Gasteiger partial charge >= 0.3 is 0 Å². The lowest BCUT2D eigenvalue weighted by atomic mass is 10.1. The highest BCUT2D eigenvalue weighted by Gasteiger charge is 2.19. The van der Waals surface area contributed by atoms with Crippen LogP contribution in [0.3, 0.4) is 0 Å². The summed E-state index contributed by atoms with van der Waals surface area (Å²) in [5.74, 6) is 0. The molecule has 1 N–H and O–H groups in total. The van der Waals surface area contributed by atoms with Crippen molar-refractivity contribution in [1.82, 2.24) is 15.3 Å². The largest absolute Gasteiger partial charge is 0.367 e. The van der Waals surface area contributed by atoms with Crippen molar-refractivity contribution in [2.45, 2.75) is 12.5 Å². The maximum absolute atomic E-state index is 4.12. The zero-order valence-electron chi connectivity index (χ0n) is 10.9. The number of nitrogens with zero attached hydrogens (tertiary/aromatic N) is 3. The Bertz CT molecular complexity index is 453. The van der Waals surface area contributed by atoms with Gasteiger partial charge in [-0.15, -0.1) is 0 Å². The Kier molecular flexibility index (Phi) is 3.70. The molecule has 0 bridgehead atoms. The van der Waals surface area contributed by atoms with E-state index in [1.54, 1.807) is 6.33 Å². The van der Waals surface area contributed by atoms with Gasteiger partial charge in [0.2, 0.25) is 0 Å². The van der Waals surface area contributed by atoms with Gasteiger partial charge in [-0.2, -0.15) is 0 Å². The molecule has 1 aromatic carbocycles. The van der Waals surface area contributed by atoms with Crippen molar-refractivity contribution in [1.29, 1.82) is 0 Å². The van der Waals surface area contributed by atoms with Crippen LogP contribution >= 0.6 is 0 Å². The van der Waals surface area contributed by atoms with Gasteiger partial charge in [0.05, 0.1) is 18.1 Å². The first-order valence-electron chi connectivity index (χ1n) is 6.72. The second kappa shape index (κ2) is 5.80. The fraction of sp³-hybridized carbons (Fsp3) is 0.333. The summed E-state index contributed by atoms with van der Waals surface area (Å²) in [6, 6.07) is 11.0. The highest BCUT2D eigenvalue weighted by atomic mass is 15.2. The predicted molar refractivity (Wildman–Crippen MR) is 76.0 cm³/mol. The third-order valence-corrected chi connectivity index (χ3v) is 3.51. The molecule has 0 saturated carbocycles. The minimum absolute atomic E-state index is 0.365. The second-order valence-corrected chi connectivity index (χ2v) is 4.81. The lowest BCUT2D eigenvalue weighted by molar-refractivity contribution is 0.570. The minimum Gasteiger partial charge on any atom is -0.367 e. The van der Waals surface area contributed by atoms with Crippen LogP contribution in [0.4, 0.5) is 5.69 Å². The summed E-state index contributed by atoms with van der Waals surface area (Å²) in [5, 5.41) is 3.62. The van der Waals surface area contributed by atoms with Crippen molar-refractivity contribution in [2.24, 2.45) is 0 Å². The lowest BCUT2D eigenvalue weighted by Gasteiger charge is -2.26. The number of aromatic nitrogens is 2. The number of anilines is 1. The van der Waals surface area contributed by atoms with E-state index in [1.165, 1.54) is 5.56 Å². The standard InChI is InChI=1S/C15H18N4/c1-2-5-13(6-3-1)15-11-19(8-4-7-18-15)14-9-16-12-17-10-14/h1-3,5-6,9-10,12,15,18H,4,7-8,11H2. The van der Waals surface area contributed by atoms with Crippen LogP contribution < -0.4 is 10.2 Å². The molecule has 1 saturated heterocycles. The number of nitrogens with one attached hydrogen (secondary N) is 1. The fourth-order valence-electron chi connectivity index (χ4n) is 2.52. The summed E-state index contributed by atoms with van der Waals surface area (Å²) in [5.41, 5.74) is 2.44. The third kappa shape index (κ3) is 2.90. The number of hydrogen-bond donors (Lipinski definition) is 1. The van der Waals surface area contributed by atoms with Crippen molar-refractivity contribution in [2.75, 3.05) is 24.5 Å². The van der Waals surface area contributed by atoms with E-state index >= 15 is 0 Å². The summed E-state index contributed by atoms with van der Waals surface area (Å²) >= 11 is 0. The van der Waals surface area contributed by atoms with E-state index in [-0.39, 0.29) is 0 Å². The van der Waals surface area contributed by atoms with Crippen molar-refractivity contribution in [3.05, 3.63) is 54.6 Å². The van der Waals surface area contributed by atoms with Gasteiger partial charge in [-0.1, -0.05) is 30.3 Å². The van der Waals surface area contributed by atoms with E-state index in [0.29, 0.717) is 6.04 Å². The van der Waals surface area contributed by atoms with Crippen LogP contribution in [-0.2, 0) is 0 Å². The first-order valence-corrected chi connectivity index (χ1v) is 6.72. The van der Waals surface area contributed by atoms with Gasteiger partial charge in [-0.3, -0.25) is 0 Å². The first kappa shape index (κ1) is 12.1. The number of benzene rings is 1. The van der Waals surface area contributed by atoms with E-state index in [1.807, 2.05) is 12.4 Å². The summed E-state index contributed by atoms with van der Waals surface area (Å²) in [6.45, 7) is 3.05. The Hall–Kier alpha value is -1.94. The van der Waals surface area contributed by atoms with E-state index in [9.17, 15) is 0 Å². The number of rotatable bonds is 2. The molecule has 0 amide bonds. The van der Waals surface area contributed by atoms with Crippen LogP contribution in [0.5, 0.6) is 0 Å². The van der Waals surface area contributed by atoms with Crippen LogP contribution in [0.1, 0.15) is 18.0 Å². The van der Waals surface area contributed by atoms with Gasteiger partial charge in [-0.05, 0) is 18.5 Å². The van der Waals surface area contributed by atoms with Gasteiger partial charge in [-0.25, -0.2) is 9.97 Å². The molecule has 3 rings (SSSR count). The Morgan fingerprint density at radius 1 is 1.11 bits per heavy atom. The van der Waals surface area contributed by atoms with Crippen LogP contribution in [0.25, 0.3) is 0 Å². The van der Waals surface area contributed by atoms with E-state index in [0.717, 1.165) is 31.7 Å². The first-order chi connectivity index (χ1) is 9.43. The van der Waals surface area contributed by atoms with Crippen LogP contribution in [-0.4, -0.2) is 29.6 Å². The van der Waals surface area contributed by atoms with Gasteiger partial charge in [0, 0.05) is 19.1 Å². The van der Waals surface area contributed by atoms with E-state index < -0.39 is 0 Å². The molecular weight excluding hydrogens is 236 g/mol. The fourth-order valence-corrected chi connectivity index (χ4v) is 2.52. The Morgan fingerprint density at radius 3 is 2.68 bits per heavy atom. The predicted octanol–water partition coefficient (Wildman–Crippen LogP) is 2.02. The molecule has 98 valence electrons. The van der Waals surface area contributed by atoms with E-state index in [4.69, 9.17) is 0 Å². The highest BCUT2D eigenvalue weighted by Crippen LogP contribution is 2.20. The molecule has 1 aliphatic heterocycles. The van der Waals surface area contributed by atoms with Crippen molar-refractivity contribution in [3.63, 3.8) is 0 Å². The SMILES string of the molecule is c1ccc(C2CN(c3cncnc3)CCCN2)cc1. The minimum atomic E-state index is 0.365. The molecule has 0 aliphatic carbocycles. The molecule has 0 radical (unpaired) electrons. The smallest absolute Gasteiger partial charge is 0.115 e. The van der Waals surface area contributed by atoms with Gasteiger partial charge < -0.3 is 10.2 Å². The summed E-state index contributed by atoms with van der Waals surface area (Å²) in [7, 11) is 0. The zero-order chi connectivity index (χ0) is 12.9. The topological polar surface area (TPSA) is 41.1 Å². The summed E-state index contributed by atoms with van der Waals surface area (Å²) in [4.78, 5) is 10.6. The molecule has 1 unspecified atom stereocenters. The Balaban J connectivity index is 1.80. The molecule has 2 heterocycles. The third-order valence-electron chi connectivity index (χ3n) is 3.51. The normalized spacial score (nSPS) is 20.0. The second-order valence-electron chi connectivity index (χ2n) is 4.81. The van der Waals surface area contributed by atoms with Crippen molar-refractivity contribution in [3.8, 4) is 0 Å². The molecule has 1 atom stereocenters. The molecule has 1 aliphatic rings. The Labute approximate surface area is 113 Å². The average Bonchev–Trinajstić information content (AvgIpc) is 2.75. The Morgan fingerprint density at radius 2 is 1.89 bits per heavy atom. The van der Waals surface area contributed by atoms with Crippen LogP contribution in [0.15, 0.2) is 49.1 Å². The van der Waals surface area contributed by atoms with Crippen molar-refractivity contribution >= 4 is 5.69 Å². The molecule has 2 aromatic rings. The quantitative estimate of drug-likeness (QED) is 0.890. The maximum Gasteiger partial charge on any atom is 0.115 e. The molecule has 4 heteroatoms. The monoisotopic (exact) mass is 254 g/mol. The van der Waals surface area contributed by atoms with Gasteiger partial charge in [0.1, 0.15) is 6.33 Å². The summed E-state index contributed by atoms with van der Waals surface area (Å²) < 4.78 is 0. The van der Waals surface area contributed by atoms with Gasteiger partial charge in [0.15, 0.2) is 0 Å². The lowest BCUT2D eigenvalue weighted by Crippen LogP contribution is -2.31. The van der Waals surface area contributed by atoms with Crippen LogP contribution in [0, 0.1) is 0 Å². The number of hydrogen-bond acceptors (Lipinski definition) is 4. The summed E-state index contributed by atoms with van der Waals surface area (Å²) in [6.07, 6.45) is 6.49. The zero-order valence-corrected chi connectivity index (χ0v) is 10.9. The van der Waals surface area contributed by atoms with Crippen molar-refractivity contribution < 1.29 is 0 Å². The molecular formula is C15H18N4. The van der Waals surface area contributed by atoms with Crippen LogP contribution in [0.2, 0.25) is 0 Å². The molecule has 19 heavy (non-hydrogen) atoms. The van der Waals surface area contributed by atoms with Gasteiger partial charge in [0.25, 0.3) is 0 Å².